The fraction of sp³-hybridized carbons (Fsp3) is 0.933. The van der Waals surface area contributed by atoms with E-state index in [0.29, 0.717) is 13.0 Å². The number of nitrogens with zero attached hydrogens (tertiary/aromatic N) is 1. The zero-order chi connectivity index (χ0) is 14.5. The zero-order valence-corrected chi connectivity index (χ0v) is 12.9. The van der Waals surface area contributed by atoms with E-state index in [2.05, 4.69) is 18.7 Å². The maximum atomic E-state index is 11.6. The lowest BCUT2D eigenvalue weighted by molar-refractivity contribution is -0.149. The number of rotatable bonds is 7. The third-order valence-corrected chi connectivity index (χ3v) is 4.23. The van der Waals surface area contributed by atoms with Gasteiger partial charge in [-0.2, -0.15) is 0 Å². The number of hydrogen-bond acceptors (Lipinski definition) is 4. The Morgan fingerprint density at radius 2 is 1.89 bits per heavy atom. The molecule has 112 valence electrons. The van der Waals surface area contributed by atoms with Gasteiger partial charge in [0.1, 0.15) is 5.54 Å². The normalized spacial score (nSPS) is 27.2. The highest BCUT2D eigenvalue weighted by atomic mass is 16.5. The van der Waals surface area contributed by atoms with E-state index in [1.807, 2.05) is 6.92 Å². The van der Waals surface area contributed by atoms with Crippen LogP contribution in [0.5, 0.6) is 0 Å². The maximum absolute atomic E-state index is 11.6. The van der Waals surface area contributed by atoms with Gasteiger partial charge in [0.25, 0.3) is 0 Å². The van der Waals surface area contributed by atoms with Gasteiger partial charge in [-0.1, -0.05) is 13.8 Å². The van der Waals surface area contributed by atoms with Crippen LogP contribution in [-0.4, -0.2) is 42.6 Å². The molecule has 0 spiro atoms. The highest BCUT2D eigenvalue weighted by Crippen LogP contribution is 2.22. The van der Waals surface area contributed by atoms with E-state index in [1.165, 1.54) is 13.1 Å². The fourth-order valence-electron chi connectivity index (χ4n) is 2.66. The number of carbonyl (C=O) groups is 1. The van der Waals surface area contributed by atoms with Crippen LogP contribution in [-0.2, 0) is 9.53 Å². The first-order valence-corrected chi connectivity index (χ1v) is 7.55. The molecule has 1 saturated heterocycles. The molecule has 3 atom stereocenters. The minimum atomic E-state index is -0.832. The van der Waals surface area contributed by atoms with E-state index in [-0.39, 0.29) is 5.97 Å². The summed E-state index contributed by atoms with van der Waals surface area (Å²) >= 11 is 0. The van der Waals surface area contributed by atoms with Gasteiger partial charge in [0.2, 0.25) is 0 Å². The lowest BCUT2D eigenvalue weighted by atomic mass is 9.96. The van der Waals surface area contributed by atoms with Crippen molar-refractivity contribution in [3.63, 3.8) is 0 Å². The monoisotopic (exact) mass is 270 g/mol. The summed E-state index contributed by atoms with van der Waals surface area (Å²) in [6.07, 6.45) is 2.78. The van der Waals surface area contributed by atoms with E-state index in [9.17, 15) is 4.79 Å². The lowest BCUT2D eigenvalue weighted by Gasteiger charge is -2.22. The van der Waals surface area contributed by atoms with Gasteiger partial charge in [-0.05, 0) is 51.5 Å². The minimum Gasteiger partial charge on any atom is -0.465 e. The average Bonchev–Trinajstić information content (AvgIpc) is 2.65. The summed E-state index contributed by atoms with van der Waals surface area (Å²) in [6, 6.07) is 0. The standard InChI is InChI=1S/C15H30N2O2/c1-5-19-14(18)15(4,16)8-6-7-9-17-10-12(2)13(3)11-17/h12-13H,5-11,16H2,1-4H3. The number of ether oxygens (including phenoxy) is 1. The van der Waals surface area contributed by atoms with Crippen LogP contribution >= 0.6 is 0 Å². The van der Waals surface area contributed by atoms with E-state index in [4.69, 9.17) is 10.5 Å². The van der Waals surface area contributed by atoms with Crippen molar-refractivity contribution < 1.29 is 9.53 Å². The molecule has 2 N–H and O–H groups in total. The molecule has 4 nitrogen and oxygen atoms in total. The molecule has 0 saturated carbocycles. The number of carbonyl (C=O) groups excluding carboxylic acids is 1. The zero-order valence-electron chi connectivity index (χ0n) is 12.9. The van der Waals surface area contributed by atoms with E-state index < -0.39 is 5.54 Å². The second kappa shape index (κ2) is 7.25. The number of likely N-dealkylation sites (tertiary alicyclic amines) is 1. The van der Waals surface area contributed by atoms with Gasteiger partial charge in [-0.3, -0.25) is 4.79 Å². The summed E-state index contributed by atoms with van der Waals surface area (Å²) in [5, 5.41) is 0. The first kappa shape index (κ1) is 16.4. The van der Waals surface area contributed by atoms with E-state index in [1.54, 1.807) is 6.92 Å². The predicted molar refractivity (Wildman–Crippen MR) is 77.8 cm³/mol. The van der Waals surface area contributed by atoms with Crippen molar-refractivity contribution in [1.29, 1.82) is 0 Å². The minimum absolute atomic E-state index is 0.279. The van der Waals surface area contributed by atoms with Crippen LogP contribution in [0.1, 0.15) is 47.0 Å². The first-order valence-electron chi connectivity index (χ1n) is 7.55. The first-order chi connectivity index (χ1) is 8.86. The summed E-state index contributed by atoms with van der Waals surface area (Å²) in [7, 11) is 0. The largest absolute Gasteiger partial charge is 0.465 e. The number of hydrogen-bond donors (Lipinski definition) is 1. The van der Waals surface area contributed by atoms with Gasteiger partial charge in [-0.25, -0.2) is 0 Å². The topological polar surface area (TPSA) is 55.6 Å². The molecule has 19 heavy (non-hydrogen) atoms. The Morgan fingerprint density at radius 1 is 1.32 bits per heavy atom. The summed E-state index contributed by atoms with van der Waals surface area (Å²) in [6.45, 7) is 12.2. The van der Waals surface area contributed by atoms with E-state index in [0.717, 1.165) is 31.2 Å². The molecule has 1 rings (SSSR count). The Bertz CT molecular complexity index is 282. The van der Waals surface area contributed by atoms with Crippen LogP contribution in [0.4, 0.5) is 0 Å². The molecule has 0 aromatic rings. The molecular formula is C15H30N2O2. The molecule has 1 heterocycles. The van der Waals surface area contributed by atoms with E-state index >= 15 is 0 Å². The molecule has 1 fully saturated rings. The average molecular weight is 270 g/mol. The summed E-state index contributed by atoms with van der Waals surface area (Å²) in [4.78, 5) is 14.2. The molecule has 0 aliphatic carbocycles. The molecule has 1 aliphatic rings. The number of esters is 1. The van der Waals surface area contributed by atoms with Crippen molar-refractivity contribution in [2.75, 3.05) is 26.2 Å². The Labute approximate surface area is 117 Å². The van der Waals surface area contributed by atoms with Crippen molar-refractivity contribution in [2.24, 2.45) is 17.6 Å². The quantitative estimate of drug-likeness (QED) is 0.568. The predicted octanol–water partition coefficient (Wildman–Crippen LogP) is 2.02. The van der Waals surface area contributed by atoms with Gasteiger partial charge in [-0.15, -0.1) is 0 Å². The van der Waals surface area contributed by atoms with Crippen LogP contribution in [0.15, 0.2) is 0 Å². The molecule has 1 aliphatic heterocycles. The van der Waals surface area contributed by atoms with Crippen LogP contribution in [0.25, 0.3) is 0 Å². The molecule has 0 aromatic carbocycles. The number of nitrogens with two attached hydrogens (primary N) is 1. The van der Waals surface area contributed by atoms with Crippen LogP contribution in [0, 0.1) is 11.8 Å². The highest BCUT2D eigenvalue weighted by molar-refractivity contribution is 5.79. The van der Waals surface area contributed by atoms with Crippen molar-refractivity contribution in [1.82, 2.24) is 4.90 Å². The second-order valence-corrected chi connectivity index (χ2v) is 6.31. The summed E-state index contributed by atoms with van der Waals surface area (Å²) in [5.74, 6) is 1.33. The lowest BCUT2D eigenvalue weighted by Crippen LogP contribution is -2.46. The summed E-state index contributed by atoms with van der Waals surface area (Å²) < 4.78 is 4.99. The van der Waals surface area contributed by atoms with Gasteiger partial charge in [0, 0.05) is 13.1 Å². The van der Waals surface area contributed by atoms with Crippen LogP contribution < -0.4 is 5.73 Å². The highest BCUT2D eigenvalue weighted by Gasteiger charge is 2.29. The van der Waals surface area contributed by atoms with Crippen LogP contribution in [0.2, 0.25) is 0 Å². The molecule has 0 bridgehead atoms. The van der Waals surface area contributed by atoms with Gasteiger partial charge in [0.05, 0.1) is 6.61 Å². The summed E-state index contributed by atoms with van der Waals surface area (Å²) in [5.41, 5.74) is 5.16. The Morgan fingerprint density at radius 3 is 2.42 bits per heavy atom. The Kier molecular flexibility index (Phi) is 6.27. The van der Waals surface area contributed by atoms with Gasteiger partial charge < -0.3 is 15.4 Å². The SMILES string of the molecule is CCOC(=O)C(C)(N)CCCCN1CC(C)C(C)C1. The second-order valence-electron chi connectivity index (χ2n) is 6.31. The third-order valence-electron chi connectivity index (χ3n) is 4.23. The number of unbranched alkanes of at least 4 members (excludes halogenated alkanes) is 1. The van der Waals surface area contributed by atoms with Crippen molar-refractivity contribution in [3.8, 4) is 0 Å². The van der Waals surface area contributed by atoms with Gasteiger partial charge >= 0.3 is 5.97 Å². The van der Waals surface area contributed by atoms with Crippen molar-refractivity contribution >= 4 is 5.97 Å². The molecule has 0 amide bonds. The Hall–Kier alpha value is -0.610. The Balaban J connectivity index is 2.18. The van der Waals surface area contributed by atoms with Gasteiger partial charge in [0.15, 0.2) is 0 Å². The third kappa shape index (κ3) is 5.11. The molecule has 3 unspecified atom stereocenters. The molecule has 0 aromatic heterocycles. The smallest absolute Gasteiger partial charge is 0.325 e. The van der Waals surface area contributed by atoms with Crippen LogP contribution in [0.3, 0.4) is 0 Å². The van der Waals surface area contributed by atoms with Crippen molar-refractivity contribution in [3.05, 3.63) is 0 Å². The van der Waals surface area contributed by atoms with Crippen molar-refractivity contribution in [2.45, 2.75) is 52.5 Å². The maximum Gasteiger partial charge on any atom is 0.325 e. The fourth-order valence-corrected chi connectivity index (χ4v) is 2.66. The molecular weight excluding hydrogens is 240 g/mol. The molecule has 0 radical (unpaired) electrons. The molecule has 4 heteroatoms.